The molecule has 0 radical (unpaired) electrons. The van der Waals surface area contributed by atoms with Crippen molar-refractivity contribution in [1.82, 2.24) is 9.55 Å². The summed E-state index contributed by atoms with van der Waals surface area (Å²) in [5, 5.41) is 0. The highest BCUT2D eigenvalue weighted by atomic mass is 35.5. The van der Waals surface area contributed by atoms with Crippen LogP contribution in [0.25, 0.3) is 0 Å². The van der Waals surface area contributed by atoms with Crippen molar-refractivity contribution < 1.29 is 0 Å². The van der Waals surface area contributed by atoms with E-state index in [0.717, 1.165) is 24.4 Å². The third-order valence-electron chi connectivity index (χ3n) is 1.75. The van der Waals surface area contributed by atoms with E-state index in [1.165, 1.54) is 0 Å². The lowest BCUT2D eigenvalue weighted by Crippen LogP contribution is -1.99. The second-order valence-electron chi connectivity index (χ2n) is 2.60. The van der Waals surface area contributed by atoms with E-state index in [2.05, 4.69) is 16.5 Å². The normalized spacial score (nSPS) is 9.58. The summed E-state index contributed by atoms with van der Waals surface area (Å²) in [6.07, 6.45) is 2.98. The lowest BCUT2D eigenvalue weighted by Gasteiger charge is -2.03. The molecular weight excluding hydrogens is 195 g/mol. The molecular formula is C8H14Cl2N2. The average molecular weight is 209 g/mol. The van der Waals surface area contributed by atoms with Crippen molar-refractivity contribution in [2.75, 3.05) is 0 Å². The molecule has 0 aliphatic heterocycles. The summed E-state index contributed by atoms with van der Waals surface area (Å²) in [7, 11) is 0. The fourth-order valence-electron chi connectivity index (χ4n) is 1.12. The summed E-state index contributed by atoms with van der Waals surface area (Å²) in [5.74, 6) is 0.561. The Kier molecular flexibility index (Phi) is 5.34. The van der Waals surface area contributed by atoms with Gasteiger partial charge in [-0.1, -0.05) is 6.92 Å². The van der Waals surface area contributed by atoms with Crippen LogP contribution in [-0.2, 0) is 12.4 Å². The topological polar surface area (TPSA) is 17.8 Å². The average Bonchev–Trinajstić information content (AvgIpc) is 2.33. The monoisotopic (exact) mass is 208 g/mol. The molecule has 0 unspecified atom stereocenters. The highest BCUT2D eigenvalue weighted by molar-refractivity contribution is 6.17. The van der Waals surface area contributed by atoms with Crippen molar-refractivity contribution in [3.8, 4) is 0 Å². The molecule has 70 valence electrons. The van der Waals surface area contributed by atoms with Gasteiger partial charge in [0.25, 0.3) is 0 Å². The summed E-state index contributed by atoms with van der Waals surface area (Å²) in [5.41, 5.74) is 2.20. The van der Waals surface area contributed by atoms with E-state index >= 15 is 0 Å². The predicted molar refractivity (Wildman–Crippen MR) is 54.1 cm³/mol. The summed E-state index contributed by atoms with van der Waals surface area (Å²) in [4.78, 5) is 4.18. The number of aromatic nitrogens is 2. The molecule has 0 aliphatic carbocycles. The van der Waals surface area contributed by atoms with Crippen LogP contribution >= 0.6 is 24.0 Å². The number of imidazole rings is 1. The first-order valence-electron chi connectivity index (χ1n) is 3.86. The zero-order valence-electron chi connectivity index (χ0n) is 7.38. The Bertz CT molecular complexity index is 233. The van der Waals surface area contributed by atoms with Crippen LogP contribution in [0.4, 0.5) is 0 Å². The van der Waals surface area contributed by atoms with Crippen LogP contribution in [0.15, 0.2) is 6.33 Å². The van der Waals surface area contributed by atoms with Gasteiger partial charge in [-0.2, -0.15) is 0 Å². The lowest BCUT2D eigenvalue weighted by atomic mass is 10.3. The van der Waals surface area contributed by atoms with Crippen molar-refractivity contribution in [2.45, 2.75) is 32.7 Å². The van der Waals surface area contributed by atoms with Crippen LogP contribution in [-0.4, -0.2) is 9.55 Å². The van der Waals surface area contributed by atoms with E-state index in [4.69, 9.17) is 11.6 Å². The van der Waals surface area contributed by atoms with E-state index in [9.17, 15) is 0 Å². The van der Waals surface area contributed by atoms with Crippen LogP contribution in [0.5, 0.6) is 0 Å². The Balaban J connectivity index is 0.00000121. The van der Waals surface area contributed by atoms with Crippen LogP contribution in [0.2, 0.25) is 0 Å². The lowest BCUT2D eigenvalue weighted by molar-refractivity contribution is 0.658. The Morgan fingerprint density at radius 3 is 2.75 bits per heavy atom. The van der Waals surface area contributed by atoms with E-state index in [0.29, 0.717) is 5.88 Å². The summed E-state index contributed by atoms with van der Waals surface area (Å²) in [6, 6.07) is 0. The van der Waals surface area contributed by atoms with Gasteiger partial charge in [-0.15, -0.1) is 24.0 Å². The Morgan fingerprint density at radius 2 is 2.25 bits per heavy atom. The van der Waals surface area contributed by atoms with E-state index < -0.39 is 0 Å². The first kappa shape index (κ1) is 11.8. The summed E-state index contributed by atoms with van der Waals surface area (Å²) in [6.45, 7) is 5.15. The summed E-state index contributed by atoms with van der Waals surface area (Å²) < 4.78 is 2.11. The first-order valence-corrected chi connectivity index (χ1v) is 4.39. The van der Waals surface area contributed by atoms with Crippen LogP contribution in [0.1, 0.15) is 24.7 Å². The fourth-order valence-corrected chi connectivity index (χ4v) is 1.46. The van der Waals surface area contributed by atoms with Crippen molar-refractivity contribution in [2.24, 2.45) is 0 Å². The molecule has 0 bridgehead atoms. The van der Waals surface area contributed by atoms with Crippen LogP contribution < -0.4 is 0 Å². The van der Waals surface area contributed by atoms with Gasteiger partial charge in [0, 0.05) is 6.54 Å². The zero-order valence-corrected chi connectivity index (χ0v) is 8.95. The first-order chi connectivity index (χ1) is 5.29. The number of alkyl halides is 1. The molecule has 0 amide bonds. The van der Waals surface area contributed by atoms with Crippen LogP contribution in [0.3, 0.4) is 0 Å². The second kappa shape index (κ2) is 5.44. The minimum Gasteiger partial charge on any atom is -0.333 e. The molecule has 0 spiro atoms. The zero-order chi connectivity index (χ0) is 8.27. The van der Waals surface area contributed by atoms with E-state index in [-0.39, 0.29) is 12.4 Å². The van der Waals surface area contributed by atoms with Gasteiger partial charge in [-0.25, -0.2) is 4.98 Å². The van der Waals surface area contributed by atoms with Gasteiger partial charge in [-0.05, 0) is 13.3 Å². The molecule has 1 heterocycles. The highest BCUT2D eigenvalue weighted by Crippen LogP contribution is 2.09. The maximum absolute atomic E-state index is 5.75. The molecule has 0 fully saturated rings. The predicted octanol–water partition coefficient (Wildman–Crippen LogP) is 2.76. The van der Waals surface area contributed by atoms with Gasteiger partial charge in [-0.3, -0.25) is 0 Å². The molecule has 4 heteroatoms. The van der Waals surface area contributed by atoms with Gasteiger partial charge in [0.1, 0.15) is 0 Å². The van der Waals surface area contributed by atoms with Gasteiger partial charge < -0.3 is 4.57 Å². The number of nitrogens with zero attached hydrogens (tertiary/aromatic N) is 2. The van der Waals surface area contributed by atoms with Crippen molar-refractivity contribution in [3.63, 3.8) is 0 Å². The van der Waals surface area contributed by atoms with Crippen molar-refractivity contribution in [3.05, 3.63) is 17.7 Å². The number of rotatable bonds is 3. The molecule has 0 aliphatic rings. The molecule has 0 N–H and O–H groups in total. The molecule has 0 atom stereocenters. The molecule has 12 heavy (non-hydrogen) atoms. The third-order valence-corrected chi connectivity index (χ3v) is 2.00. The number of halogens is 2. The van der Waals surface area contributed by atoms with Gasteiger partial charge >= 0.3 is 0 Å². The molecule has 1 rings (SSSR count). The fraction of sp³-hybridized carbons (Fsp3) is 0.625. The van der Waals surface area contributed by atoms with Crippen molar-refractivity contribution >= 4 is 24.0 Å². The number of hydrogen-bond donors (Lipinski definition) is 0. The smallest absolute Gasteiger partial charge is 0.0951 e. The van der Waals surface area contributed by atoms with E-state index in [1.54, 1.807) is 0 Å². The molecule has 1 aromatic heterocycles. The molecule has 1 aromatic rings. The van der Waals surface area contributed by atoms with Gasteiger partial charge in [0.15, 0.2) is 0 Å². The quantitative estimate of drug-likeness (QED) is 0.700. The minimum absolute atomic E-state index is 0. The van der Waals surface area contributed by atoms with Crippen molar-refractivity contribution in [1.29, 1.82) is 0 Å². The van der Waals surface area contributed by atoms with Gasteiger partial charge in [0.05, 0.1) is 23.6 Å². The number of aryl methyl sites for hydroxylation is 2. The highest BCUT2D eigenvalue weighted by Gasteiger charge is 2.03. The Hall–Kier alpha value is -0.210. The SMILES string of the molecule is CCCn1cnc(C)c1CCl.Cl. The minimum atomic E-state index is 0. The molecule has 0 saturated heterocycles. The Labute approximate surface area is 84.4 Å². The standard InChI is InChI=1S/C8H13ClN2.ClH/c1-3-4-11-6-10-7(2)8(11)5-9;/h6H,3-5H2,1-2H3;1H. The van der Waals surface area contributed by atoms with Gasteiger partial charge in [0.2, 0.25) is 0 Å². The summed E-state index contributed by atoms with van der Waals surface area (Å²) >= 11 is 5.75. The largest absolute Gasteiger partial charge is 0.333 e. The molecule has 0 saturated carbocycles. The maximum Gasteiger partial charge on any atom is 0.0951 e. The van der Waals surface area contributed by atoms with Crippen LogP contribution in [0, 0.1) is 6.92 Å². The second-order valence-corrected chi connectivity index (χ2v) is 2.87. The maximum atomic E-state index is 5.75. The van der Waals surface area contributed by atoms with E-state index in [1.807, 2.05) is 13.3 Å². The third kappa shape index (κ3) is 2.39. The molecule has 0 aromatic carbocycles. The molecule has 2 nitrogen and oxygen atoms in total. The Morgan fingerprint density at radius 1 is 1.58 bits per heavy atom. The number of hydrogen-bond acceptors (Lipinski definition) is 1.